The predicted octanol–water partition coefficient (Wildman–Crippen LogP) is -2.39. The molecule has 0 bridgehead atoms. The van der Waals surface area contributed by atoms with Gasteiger partial charge in [-0.1, -0.05) is 13.8 Å². The molecule has 0 aromatic rings. The van der Waals surface area contributed by atoms with Crippen LogP contribution in [0.15, 0.2) is 0 Å². The van der Waals surface area contributed by atoms with Crippen molar-refractivity contribution in [2.45, 2.75) is 83.4 Å². The molecular weight excluding hydrogens is 688 g/mol. The Morgan fingerprint density at radius 1 is 0.784 bits per heavy atom. The van der Waals surface area contributed by atoms with Gasteiger partial charge in [-0.2, -0.15) is 0 Å². The molecule has 7 heteroatoms. The third-order valence-corrected chi connectivity index (χ3v) is 13.4. The molecule has 37 heavy (non-hydrogen) atoms. The number of fused-ring (bicyclic) bond motifs is 5. The van der Waals surface area contributed by atoms with Crippen molar-refractivity contribution in [1.82, 2.24) is 4.90 Å². The second-order valence-corrected chi connectivity index (χ2v) is 15.3. The lowest BCUT2D eigenvalue weighted by Crippen LogP contribution is -3.00. The monoisotopic (exact) mass is 743 g/mol. The fraction of sp³-hybridized carbons (Fsp3) is 1.00. The summed E-state index contributed by atoms with van der Waals surface area (Å²) in [5.41, 5.74) is 0.664. The number of rotatable bonds is 2. The van der Waals surface area contributed by atoms with E-state index in [1.165, 1.54) is 82.0 Å². The van der Waals surface area contributed by atoms with Crippen molar-refractivity contribution in [2.75, 3.05) is 73.6 Å². The number of ether oxygens (including phenoxy) is 1. The van der Waals surface area contributed by atoms with Crippen LogP contribution in [0.5, 0.6) is 0 Å². The Bertz CT molecular complexity index is 798. The number of likely N-dealkylation sites (N-methyl/N-ethyl adjacent to an activating group) is 2. The SMILES string of the molecule is C[C@]12CC[C@H](N3CC[N+](C)(C)CC3)C[C@@H]1CC[C@@H]1[C@@H]2CC[C@]2(C)[C@@H](O)[C@@H]([N+]3(C)CCOCC3)C[C@@H]12.[I-].[I-]. The third-order valence-electron chi connectivity index (χ3n) is 13.4. The molecule has 2 aliphatic heterocycles. The smallest absolute Gasteiger partial charge is 0.116 e. The van der Waals surface area contributed by atoms with E-state index in [9.17, 15) is 5.11 Å². The fourth-order valence-corrected chi connectivity index (χ4v) is 10.6. The van der Waals surface area contributed by atoms with Crippen LogP contribution >= 0.6 is 0 Å². The number of hydrogen-bond acceptors (Lipinski definition) is 3. The lowest BCUT2D eigenvalue weighted by molar-refractivity contribution is -0.943. The average Bonchev–Trinajstić information content (AvgIpc) is 3.11. The highest BCUT2D eigenvalue weighted by Crippen LogP contribution is 2.67. The lowest BCUT2D eigenvalue weighted by atomic mass is 9.45. The highest BCUT2D eigenvalue weighted by Gasteiger charge is 2.65. The number of aliphatic hydroxyl groups excluding tert-OH is 1. The van der Waals surface area contributed by atoms with Gasteiger partial charge in [-0.25, -0.2) is 0 Å². The average molecular weight is 744 g/mol. The third kappa shape index (κ3) is 5.21. The summed E-state index contributed by atoms with van der Waals surface area (Å²) >= 11 is 0. The molecule has 5 nitrogen and oxygen atoms in total. The number of quaternary nitrogens is 2. The molecule has 6 aliphatic rings. The normalized spacial score (nSPS) is 49.0. The van der Waals surface area contributed by atoms with Crippen LogP contribution in [-0.2, 0) is 4.74 Å². The molecule has 0 aromatic carbocycles. The van der Waals surface area contributed by atoms with Gasteiger partial charge in [0.2, 0.25) is 0 Å². The van der Waals surface area contributed by atoms with Crippen molar-refractivity contribution >= 4 is 0 Å². The highest BCUT2D eigenvalue weighted by atomic mass is 127. The first-order valence-electron chi connectivity index (χ1n) is 15.2. The van der Waals surface area contributed by atoms with Crippen LogP contribution in [-0.4, -0.2) is 111 Å². The van der Waals surface area contributed by atoms with Gasteiger partial charge in [0.25, 0.3) is 0 Å². The quantitative estimate of drug-likeness (QED) is 0.254. The molecule has 0 unspecified atom stereocenters. The van der Waals surface area contributed by atoms with Crippen molar-refractivity contribution in [2.24, 2.45) is 34.5 Å². The molecule has 0 aromatic heterocycles. The van der Waals surface area contributed by atoms with Gasteiger partial charge >= 0.3 is 0 Å². The van der Waals surface area contributed by atoms with Gasteiger partial charge in [0, 0.05) is 31.0 Å². The van der Waals surface area contributed by atoms with E-state index in [0.717, 1.165) is 60.5 Å². The Morgan fingerprint density at radius 3 is 2.11 bits per heavy atom. The van der Waals surface area contributed by atoms with E-state index in [1.54, 1.807) is 0 Å². The Balaban J connectivity index is 0.00000160. The largest absolute Gasteiger partial charge is 1.00 e. The fourth-order valence-electron chi connectivity index (χ4n) is 10.6. The van der Waals surface area contributed by atoms with Crippen molar-refractivity contribution in [1.29, 1.82) is 0 Å². The Morgan fingerprint density at radius 2 is 1.43 bits per heavy atom. The van der Waals surface area contributed by atoms with E-state index in [4.69, 9.17) is 4.74 Å². The van der Waals surface area contributed by atoms with Gasteiger partial charge in [-0.15, -0.1) is 0 Å². The molecule has 0 spiro atoms. The standard InChI is InChI=1S/C30H55N3O2.2HI/c1-29-10-8-23(31-12-14-32(3,4)15-13-31)20-22(29)6-7-24-25(29)9-11-30(2)26(24)21-27(28(30)34)33(5)16-18-35-19-17-33;;/h22-28,34H,6-21H2,1-5H3;2*1H/q+2;;/p-2/t22-,23-,24+,25-,26-,27-,28-,29-,30-;;/m0../s1. The van der Waals surface area contributed by atoms with Crippen molar-refractivity contribution in [3.8, 4) is 0 Å². The molecule has 0 amide bonds. The molecular formula is C30H55I2N3O2. The Hall–Kier alpha value is 1.26. The van der Waals surface area contributed by atoms with Gasteiger partial charge in [0.05, 0.1) is 47.4 Å². The molecule has 4 aliphatic carbocycles. The second kappa shape index (κ2) is 11.2. The summed E-state index contributed by atoms with van der Waals surface area (Å²) in [6.45, 7) is 14.3. The minimum Gasteiger partial charge on any atom is -1.00 e. The van der Waals surface area contributed by atoms with Crippen LogP contribution < -0.4 is 48.0 Å². The maximum atomic E-state index is 11.8. The molecule has 2 heterocycles. The summed E-state index contributed by atoms with van der Waals surface area (Å²) in [6.07, 6.45) is 10.9. The molecule has 9 atom stereocenters. The zero-order valence-electron chi connectivity index (χ0n) is 24.3. The topological polar surface area (TPSA) is 32.7 Å². The van der Waals surface area contributed by atoms with Gasteiger partial charge in [-0.3, -0.25) is 4.90 Å². The maximum absolute atomic E-state index is 11.8. The number of piperazine rings is 1. The van der Waals surface area contributed by atoms with E-state index < -0.39 is 0 Å². The molecule has 216 valence electrons. The zero-order valence-corrected chi connectivity index (χ0v) is 28.6. The van der Waals surface area contributed by atoms with Crippen molar-refractivity contribution < 1.29 is 66.8 Å². The van der Waals surface area contributed by atoms with E-state index in [0.29, 0.717) is 11.5 Å². The van der Waals surface area contributed by atoms with Gasteiger partial charge < -0.3 is 66.8 Å². The minimum atomic E-state index is -0.139. The van der Waals surface area contributed by atoms with E-state index in [-0.39, 0.29) is 59.5 Å². The van der Waals surface area contributed by atoms with Crippen molar-refractivity contribution in [3.63, 3.8) is 0 Å². The van der Waals surface area contributed by atoms with Crippen molar-refractivity contribution in [3.05, 3.63) is 0 Å². The van der Waals surface area contributed by atoms with E-state index >= 15 is 0 Å². The van der Waals surface area contributed by atoms with Crippen LogP contribution in [0.1, 0.15) is 65.2 Å². The minimum absolute atomic E-state index is 0. The molecule has 1 N–H and O–H groups in total. The summed E-state index contributed by atoms with van der Waals surface area (Å²) in [5.74, 6) is 3.36. The summed E-state index contributed by atoms with van der Waals surface area (Å²) in [7, 11) is 7.22. The molecule has 2 saturated heterocycles. The van der Waals surface area contributed by atoms with Crippen LogP contribution in [0.3, 0.4) is 0 Å². The lowest BCUT2D eigenvalue weighted by Gasteiger charge is -2.61. The van der Waals surface area contributed by atoms with Crippen LogP contribution in [0.4, 0.5) is 0 Å². The van der Waals surface area contributed by atoms with Gasteiger partial charge in [-0.05, 0) is 74.0 Å². The van der Waals surface area contributed by atoms with Crippen LogP contribution in [0, 0.1) is 34.5 Å². The summed E-state index contributed by atoms with van der Waals surface area (Å²) in [6, 6.07) is 1.25. The van der Waals surface area contributed by atoms with E-state index in [2.05, 4.69) is 39.9 Å². The Kier molecular flexibility index (Phi) is 9.41. The first-order valence-corrected chi connectivity index (χ1v) is 15.2. The highest BCUT2D eigenvalue weighted by molar-refractivity contribution is 5.12. The zero-order chi connectivity index (χ0) is 24.6. The number of hydrogen-bond donors (Lipinski definition) is 1. The number of nitrogens with zero attached hydrogens (tertiary/aromatic N) is 3. The number of aliphatic hydroxyl groups is 1. The van der Waals surface area contributed by atoms with Gasteiger partial charge in [0.15, 0.2) is 0 Å². The van der Waals surface area contributed by atoms with Crippen LogP contribution in [0.2, 0.25) is 0 Å². The second-order valence-electron chi connectivity index (χ2n) is 15.3. The van der Waals surface area contributed by atoms with Crippen LogP contribution in [0.25, 0.3) is 0 Å². The summed E-state index contributed by atoms with van der Waals surface area (Å²) in [5, 5.41) is 11.8. The Labute approximate surface area is 261 Å². The summed E-state index contributed by atoms with van der Waals surface area (Å²) < 4.78 is 7.96. The molecule has 6 rings (SSSR count). The molecule has 4 saturated carbocycles. The van der Waals surface area contributed by atoms with E-state index in [1.807, 2.05) is 0 Å². The number of morpholine rings is 1. The first kappa shape index (κ1) is 31.2. The summed E-state index contributed by atoms with van der Waals surface area (Å²) in [4.78, 5) is 2.87. The predicted molar refractivity (Wildman–Crippen MR) is 141 cm³/mol. The molecule has 6 fully saturated rings. The first-order chi connectivity index (χ1) is 16.6. The molecule has 0 radical (unpaired) electrons. The number of halogens is 2. The van der Waals surface area contributed by atoms with Gasteiger partial charge in [0.1, 0.15) is 25.2 Å². The maximum Gasteiger partial charge on any atom is 0.116 e.